The van der Waals surface area contributed by atoms with Crippen LogP contribution >= 0.6 is 27.5 Å². The normalized spacial score (nSPS) is 23.9. The van der Waals surface area contributed by atoms with E-state index in [0.29, 0.717) is 0 Å². The molecule has 94 valence electrons. The minimum absolute atomic E-state index is 0.0275. The van der Waals surface area contributed by atoms with E-state index in [1.54, 1.807) is 0 Å². The summed E-state index contributed by atoms with van der Waals surface area (Å²) >= 11 is 8.68. The second-order valence-electron chi connectivity index (χ2n) is 3.54. The third-order valence-corrected chi connectivity index (χ3v) is 3.19. The SMILES string of the molecule is O=C(O)CBr.ON=C1CCCCCCC1Cl. The summed E-state index contributed by atoms with van der Waals surface area (Å²) in [7, 11) is 0. The number of nitrogens with zero attached hydrogens (tertiary/aromatic N) is 1. The number of hydrogen-bond donors (Lipinski definition) is 2. The van der Waals surface area contributed by atoms with Crippen molar-refractivity contribution in [1.82, 2.24) is 0 Å². The molecule has 0 spiro atoms. The quantitative estimate of drug-likeness (QED) is 0.443. The molecule has 0 aromatic rings. The van der Waals surface area contributed by atoms with Crippen molar-refractivity contribution in [2.24, 2.45) is 5.16 Å². The van der Waals surface area contributed by atoms with E-state index in [2.05, 4.69) is 21.1 Å². The van der Waals surface area contributed by atoms with Gasteiger partial charge >= 0.3 is 5.97 Å². The molecular weight excluding hydrogens is 297 g/mol. The molecule has 1 aliphatic carbocycles. The van der Waals surface area contributed by atoms with Gasteiger partial charge in [0.25, 0.3) is 0 Å². The first-order valence-electron chi connectivity index (χ1n) is 5.24. The number of rotatable bonds is 1. The van der Waals surface area contributed by atoms with E-state index in [0.717, 1.165) is 31.4 Å². The number of carboxylic acids is 1. The molecule has 0 aromatic carbocycles. The Bertz CT molecular complexity index is 236. The van der Waals surface area contributed by atoms with Crippen LogP contribution in [0.3, 0.4) is 0 Å². The summed E-state index contributed by atoms with van der Waals surface area (Å²) in [5.41, 5.74) is 0.770. The summed E-state index contributed by atoms with van der Waals surface area (Å²) in [5, 5.41) is 19.5. The van der Waals surface area contributed by atoms with Gasteiger partial charge in [-0.15, -0.1) is 11.6 Å². The van der Waals surface area contributed by atoms with E-state index < -0.39 is 5.97 Å². The highest BCUT2D eigenvalue weighted by atomic mass is 79.9. The van der Waals surface area contributed by atoms with Gasteiger partial charge in [0.15, 0.2) is 0 Å². The van der Waals surface area contributed by atoms with E-state index in [1.165, 1.54) is 12.8 Å². The number of oxime groups is 1. The van der Waals surface area contributed by atoms with E-state index in [4.69, 9.17) is 21.9 Å². The molecule has 0 aliphatic heterocycles. The topological polar surface area (TPSA) is 69.9 Å². The van der Waals surface area contributed by atoms with Gasteiger partial charge in [0.1, 0.15) is 5.33 Å². The molecule has 1 rings (SSSR count). The summed E-state index contributed by atoms with van der Waals surface area (Å²) in [6.07, 6.45) is 6.60. The number of halogens is 2. The van der Waals surface area contributed by atoms with Gasteiger partial charge in [-0.2, -0.15) is 0 Å². The van der Waals surface area contributed by atoms with E-state index in [9.17, 15) is 4.79 Å². The summed E-state index contributed by atoms with van der Waals surface area (Å²) in [6, 6.07) is 0. The van der Waals surface area contributed by atoms with Crippen molar-refractivity contribution < 1.29 is 15.1 Å². The fourth-order valence-electron chi connectivity index (χ4n) is 1.42. The zero-order valence-electron chi connectivity index (χ0n) is 9.03. The highest BCUT2D eigenvalue weighted by Gasteiger charge is 2.15. The largest absolute Gasteiger partial charge is 0.481 e. The predicted octanol–water partition coefficient (Wildman–Crippen LogP) is 3.24. The van der Waals surface area contributed by atoms with Crippen molar-refractivity contribution >= 4 is 39.2 Å². The Labute approximate surface area is 109 Å². The van der Waals surface area contributed by atoms with Crippen LogP contribution in [-0.2, 0) is 4.79 Å². The molecule has 1 aliphatic rings. The molecule has 0 aromatic heterocycles. The van der Waals surface area contributed by atoms with Crippen LogP contribution in [0.4, 0.5) is 0 Å². The number of aliphatic carboxylic acids is 1. The minimum atomic E-state index is -0.829. The molecule has 0 saturated heterocycles. The average Bonchev–Trinajstić information content (AvgIpc) is 2.25. The third kappa shape index (κ3) is 7.93. The van der Waals surface area contributed by atoms with E-state index in [-0.39, 0.29) is 10.7 Å². The van der Waals surface area contributed by atoms with Gasteiger partial charge in [-0.25, -0.2) is 0 Å². The van der Waals surface area contributed by atoms with Gasteiger partial charge in [-0.05, 0) is 19.3 Å². The number of carbonyl (C=O) groups is 1. The Morgan fingerprint density at radius 1 is 1.44 bits per heavy atom. The Hall–Kier alpha value is -0.290. The van der Waals surface area contributed by atoms with Crippen molar-refractivity contribution in [3.05, 3.63) is 0 Å². The Morgan fingerprint density at radius 2 is 2.00 bits per heavy atom. The van der Waals surface area contributed by atoms with E-state index >= 15 is 0 Å². The Morgan fingerprint density at radius 3 is 2.50 bits per heavy atom. The Balaban J connectivity index is 0.000000385. The van der Waals surface area contributed by atoms with Gasteiger partial charge in [0.2, 0.25) is 0 Å². The lowest BCUT2D eigenvalue weighted by Crippen LogP contribution is -2.16. The fraction of sp³-hybridized carbons (Fsp3) is 0.800. The first kappa shape index (κ1) is 15.7. The lowest BCUT2D eigenvalue weighted by molar-refractivity contribution is -0.133. The molecule has 0 amide bonds. The van der Waals surface area contributed by atoms with E-state index in [1.807, 2.05) is 0 Å². The van der Waals surface area contributed by atoms with Crippen LogP contribution < -0.4 is 0 Å². The minimum Gasteiger partial charge on any atom is -0.481 e. The van der Waals surface area contributed by atoms with Crippen molar-refractivity contribution in [1.29, 1.82) is 0 Å². The Kier molecular flexibility index (Phi) is 9.72. The smallest absolute Gasteiger partial charge is 0.314 e. The first-order valence-corrected chi connectivity index (χ1v) is 6.80. The third-order valence-electron chi connectivity index (χ3n) is 2.24. The van der Waals surface area contributed by atoms with Crippen LogP contribution in [0.2, 0.25) is 0 Å². The molecule has 1 fully saturated rings. The maximum atomic E-state index is 9.32. The summed E-state index contributed by atoms with van der Waals surface area (Å²) in [6.45, 7) is 0. The van der Waals surface area contributed by atoms with Crippen molar-refractivity contribution in [3.8, 4) is 0 Å². The highest BCUT2D eigenvalue weighted by molar-refractivity contribution is 9.09. The maximum absolute atomic E-state index is 9.32. The van der Waals surface area contributed by atoms with Gasteiger partial charge in [0.05, 0.1) is 11.1 Å². The molecular formula is C10H17BrClNO3. The standard InChI is InChI=1S/C8H14ClNO.C2H3BrO2/c9-7-5-3-1-2-4-6-8(7)10-11;3-1-2(4)5/h7,11H,1-6H2;1H2,(H,4,5). The molecule has 1 unspecified atom stereocenters. The average molecular weight is 315 g/mol. The van der Waals surface area contributed by atoms with Gasteiger partial charge in [0, 0.05) is 0 Å². The molecule has 1 atom stereocenters. The van der Waals surface area contributed by atoms with Gasteiger partial charge in [-0.1, -0.05) is 40.3 Å². The molecule has 0 bridgehead atoms. The van der Waals surface area contributed by atoms with Crippen LogP contribution in [0.5, 0.6) is 0 Å². The predicted molar refractivity (Wildman–Crippen MR) is 68.0 cm³/mol. The zero-order valence-corrected chi connectivity index (χ0v) is 11.4. The van der Waals surface area contributed by atoms with Crippen molar-refractivity contribution in [2.75, 3.05) is 5.33 Å². The van der Waals surface area contributed by atoms with Crippen molar-refractivity contribution in [2.45, 2.75) is 43.9 Å². The van der Waals surface area contributed by atoms with Crippen LogP contribution in [-0.4, -0.2) is 32.7 Å². The lowest BCUT2D eigenvalue weighted by Gasteiger charge is -2.14. The monoisotopic (exact) mass is 313 g/mol. The van der Waals surface area contributed by atoms with Crippen LogP contribution in [0.25, 0.3) is 0 Å². The molecule has 0 heterocycles. The number of hydrogen-bond acceptors (Lipinski definition) is 3. The molecule has 2 N–H and O–H groups in total. The summed E-state index contributed by atoms with van der Waals surface area (Å²) in [5.74, 6) is -0.829. The first-order chi connectivity index (χ1) is 7.61. The summed E-state index contributed by atoms with van der Waals surface area (Å²) in [4.78, 5) is 9.32. The van der Waals surface area contributed by atoms with Gasteiger partial charge in [-0.3, -0.25) is 4.79 Å². The van der Waals surface area contributed by atoms with Crippen LogP contribution in [0, 0.1) is 0 Å². The molecule has 0 radical (unpaired) electrons. The lowest BCUT2D eigenvalue weighted by atomic mass is 9.99. The molecule has 4 nitrogen and oxygen atoms in total. The number of carboxylic acid groups (broad SMARTS) is 1. The molecule has 6 heteroatoms. The fourth-order valence-corrected chi connectivity index (χ4v) is 1.73. The van der Waals surface area contributed by atoms with Crippen LogP contribution in [0.15, 0.2) is 5.16 Å². The summed E-state index contributed by atoms with van der Waals surface area (Å²) < 4.78 is 0. The highest BCUT2D eigenvalue weighted by Crippen LogP contribution is 2.19. The number of alkyl halides is 2. The second kappa shape index (κ2) is 9.90. The van der Waals surface area contributed by atoms with Gasteiger partial charge < -0.3 is 10.3 Å². The molecule has 16 heavy (non-hydrogen) atoms. The second-order valence-corrected chi connectivity index (χ2v) is 4.63. The van der Waals surface area contributed by atoms with Crippen LogP contribution in [0.1, 0.15) is 38.5 Å². The van der Waals surface area contributed by atoms with Crippen molar-refractivity contribution in [3.63, 3.8) is 0 Å². The maximum Gasteiger partial charge on any atom is 0.314 e. The molecule has 1 saturated carbocycles. The zero-order chi connectivity index (χ0) is 12.4.